The van der Waals surface area contributed by atoms with E-state index in [1.807, 2.05) is 0 Å². The molecule has 3 unspecified atom stereocenters. The summed E-state index contributed by atoms with van der Waals surface area (Å²) in [6.07, 6.45) is 2.22. The third-order valence-corrected chi connectivity index (χ3v) is 4.28. The Kier molecular flexibility index (Phi) is 6.58. The zero-order chi connectivity index (χ0) is 16.3. The average molecular weight is 280 g/mol. The summed E-state index contributed by atoms with van der Waals surface area (Å²) in [5.41, 5.74) is 8.56. The number of rotatable bonds is 6. The quantitative estimate of drug-likeness (QED) is 0.613. The summed E-state index contributed by atoms with van der Waals surface area (Å²) >= 11 is 0. The van der Waals surface area contributed by atoms with E-state index in [1.54, 1.807) is 0 Å². The number of hydrogen-bond donors (Lipinski definition) is 1. The van der Waals surface area contributed by atoms with Crippen molar-refractivity contribution in [2.45, 2.75) is 68.2 Å². The molecule has 0 aliphatic heterocycles. The largest absolute Gasteiger partial charge is 0.402 e. The van der Waals surface area contributed by atoms with Crippen molar-refractivity contribution in [1.82, 2.24) is 0 Å². The molecule has 0 bridgehead atoms. The number of hydrogen-bond acceptors (Lipinski definition) is 1. The van der Waals surface area contributed by atoms with Gasteiger partial charge < -0.3 is 5.73 Å². The van der Waals surface area contributed by atoms with Crippen LogP contribution < -0.4 is 5.73 Å². The van der Waals surface area contributed by atoms with Gasteiger partial charge >= 0.3 is 0 Å². The summed E-state index contributed by atoms with van der Waals surface area (Å²) in [6, 6.07) is 0. The minimum absolute atomic E-state index is 0.252. The Labute approximate surface area is 127 Å². The highest BCUT2D eigenvalue weighted by Crippen LogP contribution is 2.43. The van der Waals surface area contributed by atoms with E-state index in [0.717, 1.165) is 12.1 Å². The zero-order valence-electron chi connectivity index (χ0n) is 15.1. The summed E-state index contributed by atoms with van der Waals surface area (Å²) in [5.74, 6) is 1.38. The van der Waals surface area contributed by atoms with E-state index in [2.05, 4.69) is 68.5 Å². The molecule has 0 saturated carbocycles. The van der Waals surface area contributed by atoms with Gasteiger partial charge in [-0.05, 0) is 41.4 Å². The van der Waals surface area contributed by atoms with Gasteiger partial charge in [-0.25, -0.2) is 0 Å². The molecule has 0 aromatic carbocycles. The van der Waals surface area contributed by atoms with Crippen LogP contribution in [-0.4, -0.2) is 0 Å². The fourth-order valence-electron chi connectivity index (χ4n) is 2.78. The average Bonchev–Trinajstić information content (AvgIpc) is 2.21. The summed E-state index contributed by atoms with van der Waals surface area (Å²) in [5, 5.41) is 0. The Morgan fingerprint density at radius 3 is 1.70 bits per heavy atom. The minimum atomic E-state index is 0.252. The van der Waals surface area contributed by atoms with E-state index < -0.39 is 0 Å². The van der Waals surface area contributed by atoms with Gasteiger partial charge in [0.15, 0.2) is 0 Å². The third-order valence-electron chi connectivity index (χ3n) is 4.28. The van der Waals surface area contributed by atoms with E-state index >= 15 is 0 Å². The smallest absolute Gasteiger partial charge is 0.00364 e. The Morgan fingerprint density at radius 1 is 0.950 bits per heavy atom. The summed E-state index contributed by atoms with van der Waals surface area (Å²) in [7, 11) is 0. The van der Waals surface area contributed by atoms with Crippen molar-refractivity contribution >= 4 is 0 Å². The molecule has 0 fully saturated rings. The predicted molar refractivity (Wildman–Crippen MR) is 92.4 cm³/mol. The van der Waals surface area contributed by atoms with Crippen LogP contribution in [-0.2, 0) is 0 Å². The zero-order valence-corrected chi connectivity index (χ0v) is 15.1. The van der Waals surface area contributed by atoms with Crippen LogP contribution >= 0.6 is 0 Å². The lowest BCUT2D eigenvalue weighted by atomic mass is 9.66. The van der Waals surface area contributed by atoms with Crippen molar-refractivity contribution in [1.29, 1.82) is 0 Å². The highest BCUT2D eigenvalue weighted by atomic mass is 14.6. The molecule has 0 rings (SSSR count). The Bertz CT molecular complexity index is 338. The monoisotopic (exact) mass is 279 g/mol. The molecule has 0 radical (unpaired) electrons. The molecule has 0 aliphatic carbocycles. The molecule has 20 heavy (non-hydrogen) atoms. The lowest BCUT2D eigenvalue weighted by Gasteiger charge is -2.39. The summed E-state index contributed by atoms with van der Waals surface area (Å²) < 4.78 is 0. The first-order valence-electron chi connectivity index (χ1n) is 7.88. The number of allylic oxidation sites excluding steroid dienone is 2. The predicted octanol–water partition coefficient (Wildman–Crippen LogP) is 5.78. The minimum Gasteiger partial charge on any atom is -0.402 e. The Hall–Kier alpha value is -0.720. The SMILES string of the molecule is C=C(N)C(C)CC(C)C(=C)C(CC(C)(C)C)C(C)(C)C. The molecule has 0 saturated heterocycles. The normalized spacial score (nSPS) is 17.4. The van der Waals surface area contributed by atoms with Crippen LogP contribution in [0.3, 0.4) is 0 Å². The van der Waals surface area contributed by atoms with Crippen molar-refractivity contribution in [3.8, 4) is 0 Å². The van der Waals surface area contributed by atoms with Crippen molar-refractivity contribution in [2.75, 3.05) is 0 Å². The second-order valence-corrected chi connectivity index (χ2v) is 8.87. The highest BCUT2D eigenvalue weighted by molar-refractivity contribution is 5.10. The fraction of sp³-hybridized carbons (Fsp3) is 0.789. The van der Waals surface area contributed by atoms with Gasteiger partial charge in [-0.2, -0.15) is 0 Å². The molecule has 0 spiro atoms. The topological polar surface area (TPSA) is 26.0 Å². The van der Waals surface area contributed by atoms with Crippen LogP contribution in [0.2, 0.25) is 0 Å². The number of nitrogens with two attached hydrogens (primary N) is 1. The van der Waals surface area contributed by atoms with E-state index in [4.69, 9.17) is 5.73 Å². The maximum Gasteiger partial charge on any atom is 0.00364 e. The van der Waals surface area contributed by atoms with Crippen LogP contribution in [0, 0.1) is 28.6 Å². The van der Waals surface area contributed by atoms with E-state index in [-0.39, 0.29) is 5.41 Å². The van der Waals surface area contributed by atoms with Gasteiger partial charge in [-0.3, -0.25) is 0 Å². The van der Waals surface area contributed by atoms with Crippen molar-refractivity contribution in [3.63, 3.8) is 0 Å². The molecule has 3 atom stereocenters. The maximum atomic E-state index is 5.82. The van der Waals surface area contributed by atoms with Gasteiger partial charge in [0.25, 0.3) is 0 Å². The second-order valence-electron chi connectivity index (χ2n) is 8.87. The van der Waals surface area contributed by atoms with Crippen LogP contribution in [0.1, 0.15) is 68.2 Å². The van der Waals surface area contributed by atoms with Gasteiger partial charge in [-0.15, -0.1) is 0 Å². The summed E-state index contributed by atoms with van der Waals surface area (Å²) in [4.78, 5) is 0. The van der Waals surface area contributed by atoms with Gasteiger partial charge in [0, 0.05) is 5.70 Å². The van der Waals surface area contributed by atoms with Gasteiger partial charge in [0.2, 0.25) is 0 Å². The molecule has 118 valence electrons. The Balaban J connectivity index is 5.01. The molecule has 1 heteroatoms. The lowest BCUT2D eigenvalue weighted by molar-refractivity contribution is 0.183. The molecule has 1 nitrogen and oxygen atoms in total. The van der Waals surface area contributed by atoms with Crippen LogP contribution in [0.5, 0.6) is 0 Å². The van der Waals surface area contributed by atoms with Gasteiger partial charge in [-0.1, -0.05) is 74.1 Å². The van der Waals surface area contributed by atoms with Crippen LogP contribution in [0.25, 0.3) is 0 Å². The first-order chi connectivity index (χ1) is 8.75. The molecule has 0 aromatic heterocycles. The van der Waals surface area contributed by atoms with Gasteiger partial charge in [0.05, 0.1) is 0 Å². The molecular formula is C19H37N. The molecule has 0 heterocycles. The fourth-order valence-corrected chi connectivity index (χ4v) is 2.78. The lowest BCUT2D eigenvalue weighted by Crippen LogP contribution is -2.29. The first-order valence-corrected chi connectivity index (χ1v) is 7.88. The second kappa shape index (κ2) is 6.83. The van der Waals surface area contributed by atoms with Crippen LogP contribution in [0.4, 0.5) is 0 Å². The molecule has 0 aromatic rings. The van der Waals surface area contributed by atoms with Crippen molar-refractivity contribution in [3.05, 3.63) is 24.4 Å². The van der Waals surface area contributed by atoms with Crippen molar-refractivity contribution in [2.24, 2.45) is 34.3 Å². The van der Waals surface area contributed by atoms with Crippen molar-refractivity contribution < 1.29 is 0 Å². The van der Waals surface area contributed by atoms with Gasteiger partial charge in [0.1, 0.15) is 0 Å². The van der Waals surface area contributed by atoms with Crippen LogP contribution in [0.15, 0.2) is 24.4 Å². The van der Waals surface area contributed by atoms with E-state index in [9.17, 15) is 0 Å². The summed E-state index contributed by atoms with van der Waals surface area (Å²) in [6.45, 7) is 26.7. The van der Waals surface area contributed by atoms with E-state index in [0.29, 0.717) is 23.2 Å². The molecule has 0 amide bonds. The Morgan fingerprint density at radius 2 is 1.40 bits per heavy atom. The third kappa shape index (κ3) is 6.63. The first kappa shape index (κ1) is 19.3. The standard InChI is InChI=1S/C19H37N/c1-13(11-14(2)16(4)20)15(3)17(19(8,9)10)12-18(5,6)7/h13-14,17H,3-4,11-12,20H2,1-2,5-10H3. The highest BCUT2D eigenvalue weighted by Gasteiger charge is 2.33. The molecule has 0 aliphatic rings. The molecule has 2 N–H and O–H groups in total. The maximum absolute atomic E-state index is 5.82. The molecular weight excluding hydrogens is 242 g/mol. The van der Waals surface area contributed by atoms with E-state index in [1.165, 1.54) is 12.0 Å².